The van der Waals surface area contributed by atoms with Crippen molar-refractivity contribution < 1.29 is 23.8 Å². The van der Waals surface area contributed by atoms with E-state index in [-0.39, 0.29) is 42.7 Å². The molecule has 158 valence electrons. The monoisotopic (exact) mass is 411 g/mol. The predicted molar refractivity (Wildman–Crippen MR) is 109 cm³/mol. The lowest BCUT2D eigenvalue weighted by Crippen LogP contribution is -2.36. The first-order valence-corrected chi connectivity index (χ1v) is 10.5. The van der Waals surface area contributed by atoms with E-state index >= 15 is 0 Å². The summed E-state index contributed by atoms with van der Waals surface area (Å²) < 4.78 is 18.7. The van der Waals surface area contributed by atoms with Crippen LogP contribution in [0.5, 0.6) is 0 Å². The fourth-order valence-corrected chi connectivity index (χ4v) is 4.67. The predicted octanol–water partition coefficient (Wildman–Crippen LogP) is 4.57. The van der Waals surface area contributed by atoms with Crippen molar-refractivity contribution >= 4 is 12.0 Å². The summed E-state index contributed by atoms with van der Waals surface area (Å²) in [6, 6.07) is 15.2. The molecule has 5 nitrogen and oxygen atoms in total. The summed E-state index contributed by atoms with van der Waals surface area (Å²) in [5.74, 6) is -0.561. The van der Waals surface area contributed by atoms with Crippen LogP contribution in [-0.2, 0) is 9.53 Å². The van der Waals surface area contributed by atoms with E-state index in [4.69, 9.17) is 4.74 Å². The first kappa shape index (κ1) is 20.5. The summed E-state index contributed by atoms with van der Waals surface area (Å²) >= 11 is 0. The Bertz CT molecular complexity index is 878. The molecule has 4 rings (SSSR count). The molecule has 1 heterocycles. The number of cyclic esters (lactones) is 1. The number of carbonyl (C=O) groups excluding carboxylic acids is 2. The summed E-state index contributed by atoms with van der Waals surface area (Å²) in [5, 5.41) is 9.88. The Morgan fingerprint density at radius 3 is 2.40 bits per heavy atom. The van der Waals surface area contributed by atoms with Crippen LogP contribution in [0.25, 0.3) is 0 Å². The molecule has 30 heavy (non-hydrogen) atoms. The second kappa shape index (κ2) is 8.96. The van der Waals surface area contributed by atoms with Crippen molar-refractivity contribution in [3.05, 3.63) is 71.5 Å². The van der Waals surface area contributed by atoms with Crippen molar-refractivity contribution in [2.24, 2.45) is 5.92 Å². The summed E-state index contributed by atoms with van der Waals surface area (Å²) in [6.07, 6.45) is 2.19. The molecule has 0 aromatic heterocycles. The van der Waals surface area contributed by atoms with Crippen molar-refractivity contribution in [3.63, 3.8) is 0 Å². The van der Waals surface area contributed by atoms with Crippen LogP contribution in [0.3, 0.4) is 0 Å². The molecule has 1 saturated carbocycles. The van der Waals surface area contributed by atoms with E-state index in [1.807, 2.05) is 30.3 Å². The molecule has 1 aliphatic carbocycles. The molecule has 2 atom stereocenters. The van der Waals surface area contributed by atoms with Gasteiger partial charge in [-0.1, -0.05) is 42.5 Å². The molecule has 2 aromatic carbocycles. The van der Waals surface area contributed by atoms with E-state index in [1.165, 1.54) is 17.0 Å². The molecular formula is C24H26FNO4. The highest BCUT2D eigenvalue weighted by Gasteiger charge is 2.40. The number of hydrogen-bond acceptors (Lipinski definition) is 4. The van der Waals surface area contributed by atoms with E-state index in [0.29, 0.717) is 12.8 Å². The number of imide groups is 1. The van der Waals surface area contributed by atoms with Crippen molar-refractivity contribution in [2.45, 2.75) is 50.2 Å². The molecular weight excluding hydrogens is 385 g/mol. The lowest BCUT2D eigenvalue weighted by molar-refractivity contribution is -0.130. The maximum absolute atomic E-state index is 13.5. The third-order valence-corrected chi connectivity index (χ3v) is 6.33. The molecule has 2 unspecified atom stereocenters. The average Bonchev–Trinajstić information content (AvgIpc) is 3.15. The van der Waals surface area contributed by atoms with E-state index < -0.39 is 12.1 Å². The van der Waals surface area contributed by atoms with E-state index in [1.54, 1.807) is 12.1 Å². The van der Waals surface area contributed by atoms with Gasteiger partial charge in [0.05, 0.1) is 6.10 Å². The number of rotatable bonds is 5. The number of nitrogens with zero attached hydrogens (tertiary/aromatic N) is 1. The topological polar surface area (TPSA) is 66.8 Å². The second-order valence-corrected chi connectivity index (χ2v) is 8.20. The smallest absolute Gasteiger partial charge is 0.417 e. The molecule has 6 heteroatoms. The molecule has 2 aromatic rings. The van der Waals surface area contributed by atoms with E-state index in [2.05, 4.69) is 0 Å². The van der Waals surface area contributed by atoms with Crippen LogP contribution in [0.1, 0.15) is 55.2 Å². The average molecular weight is 411 g/mol. The molecule has 2 amide bonds. The zero-order valence-electron chi connectivity index (χ0n) is 16.7. The van der Waals surface area contributed by atoms with Gasteiger partial charge in [0.2, 0.25) is 5.91 Å². The van der Waals surface area contributed by atoms with Crippen LogP contribution in [-0.4, -0.2) is 34.7 Å². The summed E-state index contributed by atoms with van der Waals surface area (Å²) in [6.45, 7) is 0.144. The Kier molecular flexibility index (Phi) is 6.13. The minimum Gasteiger partial charge on any atom is -0.446 e. The van der Waals surface area contributed by atoms with E-state index in [0.717, 1.165) is 24.0 Å². The van der Waals surface area contributed by atoms with Gasteiger partial charge < -0.3 is 9.84 Å². The molecule has 1 aliphatic heterocycles. The highest BCUT2D eigenvalue weighted by atomic mass is 19.1. The van der Waals surface area contributed by atoms with Crippen LogP contribution < -0.4 is 0 Å². The lowest BCUT2D eigenvalue weighted by atomic mass is 9.74. The van der Waals surface area contributed by atoms with Gasteiger partial charge in [0, 0.05) is 6.42 Å². The van der Waals surface area contributed by atoms with Crippen molar-refractivity contribution in [1.82, 2.24) is 4.90 Å². The Morgan fingerprint density at radius 1 is 1.07 bits per heavy atom. The fraction of sp³-hybridized carbons (Fsp3) is 0.417. The van der Waals surface area contributed by atoms with Gasteiger partial charge >= 0.3 is 6.09 Å². The summed E-state index contributed by atoms with van der Waals surface area (Å²) in [7, 11) is 0. The number of aliphatic hydroxyl groups is 1. The largest absolute Gasteiger partial charge is 0.446 e. The molecule has 2 fully saturated rings. The highest BCUT2D eigenvalue weighted by molar-refractivity contribution is 5.94. The molecule has 1 N–H and O–H groups in total. The maximum Gasteiger partial charge on any atom is 0.417 e. The number of amides is 2. The Balaban J connectivity index is 1.57. The van der Waals surface area contributed by atoms with Gasteiger partial charge in [0.25, 0.3) is 0 Å². The molecule has 0 bridgehead atoms. The van der Waals surface area contributed by atoms with Gasteiger partial charge in [-0.3, -0.25) is 4.79 Å². The molecule has 2 aliphatic rings. The van der Waals surface area contributed by atoms with Gasteiger partial charge in [-0.05, 0) is 60.8 Å². The number of carbonyl (C=O) groups is 2. The van der Waals surface area contributed by atoms with Gasteiger partial charge in [-0.15, -0.1) is 0 Å². The zero-order valence-corrected chi connectivity index (χ0v) is 16.7. The van der Waals surface area contributed by atoms with Crippen molar-refractivity contribution in [3.8, 4) is 0 Å². The molecule has 0 radical (unpaired) electrons. The summed E-state index contributed by atoms with van der Waals surface area (Å²) in [4.78, 5) is 26.9. The third-order valence-electron chi connectivity index (χ3n) is 6.33. The second-order valence-electron chi connectivity index (χ2n) is 8.20. The number of benzene rings is 2. The Hall–Kier alpha value is -2.73. The van der Waals surface area contributed by atoms with Gasteiger partial charge in [-0.2, -0.15) is 0 Å². The number of halogens is 1. The maximum atomic E-state index is 13.5. The Morgan fingerprint density at radius 2 is 1.73 bits per heavy atom. The zero-order chi connectivity index (χ0) is 21.1. The normalized spacial score (nSPS) is 25.1. The van der Waals surface area contributed by atoms with Crippen LogP contribution in [0.15, 0.2) is 54.6 Å². The first-order valence-electron chi connectivity index (χ1n) is 10.5. The van der Waals surface area contributed by atoms with Crippen LogP contribution in [0, 0.1) is 11.7 Å². The Labute approximate surface area is 175 Å². The van der Waals surface area contributed by atoms with E-state index in [9.17, 15) is 19.1 Å². The van der Waals surface area contributed by atoms with Gasteiger partial charge in [-0.25, -0.2) is 14.1 Å². The van der Waals surface area contributed by atoms with Crippen molar-refractivity contribution in [1.29, 1.82) is 0 Å². The first-order chi connectivity index (χ1) is 14.5. The lowest BCUT2D eigenvalue weighted by Gasteiger charge is -2.33. The minimum absolute atomic E-state index is 0.143. The van der Waals surface area contributed by atoms with Crippen molar-refractivity contribution in [2.75, 3.05) is 6.61 Å². The molecule has 0 spiro atoms. The van der Waals surface area contributed by atoms with Crippen LogP contribution in [0.4, 0.5) is 9.18 Å². The van der Waals surface area contributed by atoms with Gasteiger partial charge in [0.15, 0.2) is 0 Å². The quantitative estimate of drug-likeness (QED) is 0.783. The number of hydrogen-bond donors (Lipinski definition) is 1. The standard InChI is InChI=1S/C24H26FNO4/c25-19-10-6-16(7-11-19)21(17-8-12-20(27)13-9-17)14-23(28)26-22(15-30-24(26)29)18-4-2-1-3-5-18/h1-7,10-11,17,20-22,27H,8-9,12-15H2. The highest BCUT2D eigenvalue weighted by Crippen LogP contribution is 2.40. The SMILES string of the molecule is O=C(CC(c1ccc(F)cc1)C1CCC(O)CC1)N1C(=O)OCC1c1ccccc1. The number of ether oxygens (including phenoxy) is 1. The summed E-state index contributed by atoms with van der Waals surface area (Å²) in [5.41, 5.74) is 1.74. The fourth-order valence-electron chi connectivity index (χ4n) is 4.67. The third kappa shape index (κ3) is 4.38. The van der Waals surface area contributed by atoms with Crippen LogP contribution >= 0.6 is 0 Å². The van der Waals surface area contributed by atoms with Gasteiger partial charge in [0.1, 0.15) is 18.5 Å². The molecule has 1 saturated heterocycles. The van der Waals surface area contributed by atoms with Crippen LogP contribution in [0.2, 0.25) is 0 Å². The minimum atomic E-state index is -0.620. The number of aliphatic hydroxyl groups excluding tert-OH is 1.